The standard InChI is InChI=1S/C27H32ClN5O5S/c1-39(35,36)32-13-8-24(9-14-32)38-23-6-11-31(12-7-23)26-5-4-22(18-30-26)33-15-10-25(16-27(33)34)37-19-21-3-2-20(28)17-29-21/h2-5,10,15-18,23-24H,6-9,11-14,19H2,1H3. The van der Waals surface area contributed by atoms with Crippen LogP contribution in [0.5, 0.6) is 5.75 Å². The fraction of sp³-hybridized carbons (Fsp3) is 0.444. The fourth-order valence-electron chi connectivity index (χ4n) is 4.91. The van der Waals surface area contributed by atoms with Crippen LogP contribution < -0.4 is 15.2 Å². The van der Waals surface area contributed by atoms with Crippen molar-refractivity contribution in [3.63, 3.8) is 0 Å². The number of rotatable bonds is 8. The Balaban J connectivity index is 1.11. The zero-order chi connectivity index (χ0) is 27.4. The molecule has 10 nitrogen and oxygen atoms in total. The van der Waals surface area contributed by atoms with Crippen LogP contribution in [0.3, 0.4) is 0 Å². The molecule has 0 amide bonds. The molecule has 2 aliphatic rings. The van der Waals surface area contributed by atoms with Gasteiger partial charge >= 0.3 is 0 Å². The molecular weight excluding hydrogens is 542 g/mol. The van der Waals surface area contributed by atoms with Gasteiger partial charge in [-0.25, -0.2) is 17.7 Å². The second kappa shape index (κ2) is 12.0. The van der Waals surface area contributed by atoms with Gasteiger partial charge in [-0.15, -0.1) is 0 Å². The Morgan fingerprint density at radius 1 is 0.949 bits per heavy atom. The maximum absolute atomic E-state index is 12.7. The van der Waals surface area contributed by atoms with E-state index in [1.54, 1.807) is 36.8 Å². The first-order valence-corrected chi connectivity index (χ1v) is 15.2. The molecule has 5 heterocycles. The van der Waals surface area contributed by atoms with Crippen LogP contribution in [0.25, 0.3) is 5.69 Å². The second-order valence-corrected chi connectivity index (χ2v) is 12.3. The van der Waals surface area contributed by atoms with Gasteiger partial charge < -0.3 is 14.4 Å². The van der Waals surface area contributed by atoms with Crippen LogP contribution in [-0.4, -0.2) is 71.9 Å². The number of pyridine rings is 3. The summed E-state index contributed by atoms with van der Waals surface area (Å²) in [5.74, 6) is 1.32. The van der Waals surface area contributed by atoms with Gasteiger partial charge in [0.1, 0.15) is 18.2 Å². The highest BCUT2D eigenvalue weighted by Crippen LogP contribution is 2.24. The minimum Gasteiger partial charge on any atom is -0.487 e. The number of sulfonamides is 1. The van der Waals surface area contributed by atoms with Crippen molar-refractivity contribution >= 4 is 27.4 Å². The van der Waals surface area contributed by atoms with Crippen LogP contribution in [0.2, 0.25) is 5.02 Å². The summed E-state index contributed by atoms with van der Waals surface area (Å²) >= 11 is 5.86. The van der Waals surface area contributed by atoms with Crippen molar-refractivity contribution in [3.05, 3.63) is 76.1 Å². The molecule has 208 valence electrons. The van der Waals surface area contributed by atoms with Gasteiger partial charge in [-0.05, 0) is 56.0 Å². The predicted octanol–water partition coefficient (Wildman–Crippen LogP) is 3.27. The molecule has 3 aromatic rings. The van der Waals surface area contributed by atoms with Gasteiger partial charge in [0.2, 0.25) is 10.0 Å². The monoisotopic (exact) mass is 573 g/mol. The van der Waals surface area contributed by atoms with E-state index < -0.39 is 10.0 Å². The number of anilines is 1. The Kier molecular flexibility index (Phi) is 8.51. The number of aromatic nitrogens is 3. The molecule has 0 N–H and O–H groups in total. The quantitative estimate of drug-likeness (QED) is 0.404. The van der Waals surface area contributed by atoms with Gasteiger partial charge in [-0.1, -0.05) is 11.6 Å². The molecule has 2 aliphatic heterocycles. The molecule has 0 unspecified atom stereocenters. The van der Waals surface area contributed by atoms with Gasteiger partial charge in [-0.3, -0.25) is 14.3 Å². The summed E-state index contributed by atoms with van der Waals surface area (Å²) < 4.78 is 38.5. The van der Waals surface area contributed by atoms with Crippen LogP contribution >= 0.6 is 11.6 Å². The smallest absolute Gasteiger partial charge is 0.258 e. The number of nitrogens with zero attached hydrogens (tertiary/aromatic N) is 5. The highest BCUT2D eigenvalue weighted by Gasteiger charge is 2.29. The van der Waals surface area contributed by atoms with E-state index in [9.17, 15) is 13.2 Å². The summed E-state index contributed by atoms with van der Waals surface area (Å²) in [4.78, 5) is 23.7. The molecule has 12 heteroatoms. The van der Waals surface area contributed by atoms with Crippen molar-refractivity contribution in [2.75, 3.05) is 37.3 Å². The molecule has 2 saturated heterocycles. The maximum Gasteiger partial charge on any atom is 0.258 e. The molecule has 0 saturated carbocycles. The van der Waals surface area contributed by atoms with E-state index in [-0.39, 0.29) is 24.4 Å². The minimum absolute atomic E-state index is 0.112. The van der Waals surface area contributed by atoms with E-state index in [0.717, 1.165) is 44.6 Å². The van der Waals surface area contributed by atoms with E-state index in [1.807, 2.05) is 12.1 Å². The molecule has 39 heavy (non-hydrogen) atoms. The van der Waals surface area contributed by atoms with Crippen molar-refractivity contribution < 1.29 is 17.9 Å². The first kappa shape index (κ1) is 27.6. The first-order valence-electron chi connectivity index (χ1n) is 13.0. The lowest BCUT2D eigenvalue weighted by Gasteiger charge is -2.37. The average molecular weight is 574 g/mol. The van der Waals surface area contributed by atoms with Crippen molar-refractivity contribution in [1.29, 1.82) is 0 Å². The number of hydrogen-bond donors (Lipinski definition) is 0. The van der Waals surface area contributed by atoms with E-state index in [4.69, 9.17) is 21.1 Å². The third-order valence-electron chi connectivity index (χ3n) is 7.10. The molecule has 3 aromatic heterocycles. The van der Waals surface area contributed by atoms with Crippen molar-refractivity contribution in [1.82, 2.24) is 18.8 Å². The Hall–Kier alpha value is -2.99. The molecule has 0 bridgehead atoms. The van der Waals surface area contributed by atoms with Crippen LogP contribution in [-0.2, 0) is 21.4 Å². The van der Waals surface area contributed by atoms with E-state index in [1.165, 1.54) is 21.2 Å². The van der Waals surface area contributed by atoms with E-state index in [2.05, 4.69) is 14.9 Å². The summed E-state index contributed by atoms with van der Waals surface area (Å²) in [6.07, 6.45) is 9.73. The fourth-order valence-corrected chi connectivity index (χ4v) is 5.90. The number of hydrogen-bond acceptors (Lipinski definition) is 8. The second-order valence-electron chi connectivity index (χ2n) is 9.89. The van der Waals surface area contributed by atoms with Crippen molar-refractivity contribution in [3.8, 4) is 11.4 Å². The highest BCUT2D eigenvalue weighted by atomic mass is 35.5. The van der Waals surface area contributed by atoms with Gasteiger partial charge in [0.15, 0.2) is 0 Å². The van der Waals surface area contributed by atoms with Gasteiger partial charge in [0.25, 0.3) is 5.56 Å². The maximum atomic E-state index is 12.7. The molecule has 0 spiro atoms. The average Bonchev–Trinajstić information content (AvgIpc) is 2.93. The highest BCUT2D eigenvalue weighted by molar-refractivity contribution is 7.88. The summed E-state index contributed by atoms with van der Waals surface area (Å²) in [6, 6.07) is 10.5. The lowest BCUT2D eigenvalue weighted by Crippen LogP contribution is -2.43. The molecule has 2 fully saturated rings. The number of piperidine rings is 2. The first-order chi connectivity index (χ1) is 18.7. The lowest BCUT2D eigenvalue weighted by atomic mass is 10.1. The van der Waals surface area contributed by atoms with Crippen LogP contribution in [0.1, 0.15) is 31.4 Å². The van der Waals surface area contributed by atoms with Gasteiger partial charge in [0, 0.05) is 44.6 Å². The zero-order valence-corrected chi connectivity index (χ0v) is 23.4. The van der Waals surface area contributed by atoms with Crippen molar-refractivity contribution in [2.24, 2.45) is 0 Å². The molecule has 0 atom stereocenters. The summed E-state index contributed by atoms with van der Waals surface area (Å²) in [5.41, 5.74) is 1.17. The van der Waals surface area contributed by atoms with Crippen LogP contribution in [0.4, 0.5) is 5.82 Å². The third kappa shape index (κ3) is 7.16. The van der Waals surface area contributed by atoms with Crippen molar-refractivity contribution in [2.45, 2.75) is 44.5 Å². The van der Waals surface area contributed by atoms with Gasteiger partial charge in [0.05, 0.1) is 41.1 Å². The van der Waals surface area contributed by atoms with E-state index in [0.29, 0.717) is 35.2 Å². The van der Waals surface area contributed by atoms with Crippen LogP contribution in [0, 0.1) is 0 Å². The Labute approximate surface area is 233 Å². The largest absolute Gasteiger partial charge is 0.487 e. The lowest BCUT2D eigenvalue weighted by molar-refractivity contribution is -0.0433. The Morgan fingerprint density at radius 2 is 1.67 bits per heavy atom. The van der Waals surface area contributed by atoms with Gasteiger partial charge in [-0.2, -0.15) is 0 Å². The number of ether oxygens (including phenoxy) is 2. The SMILES string of the molecule is CS(=O)(=O)N1CCC(OC2CCN(c3ccc(-n4ccc(OCc5ccc(Cl)cn5)cc4=O)cn3)CC2)CC1. The number of halogens is 1. The van der Waals surface area contributed by atoms with E-state index >= 15 is 0 Å². The third-order valence-corrected chi connectivity index (χ3v) is 8.62. The summed E-state index contributed by atoms with van der Waals surface area (Å²) in [7, 11) is -3.12. The Bertz CT molecular complexity index is 1420. The normalized spacial score (nSPS) is 17.8. The molecule has 0 aliphatic carbocycles. The zero-order valence-electron chi connectivity index (χ0n) is 21.8. The topological polar surface area (TPSA) is 107 Å². The minimum atomic E-state index is -3.12. The molecule has 5 rings (SSSR count). The van der Waals surface area contributed by atoms with Crippen LogP contribution in [0.15, 0.2) is 59.8 Å². The Morgan fingerprint density at radius 3 is 2.26 bits per heavy atom. The summed E-state index contributed by atoms with van der Waals surface area (Å²) in [5, 5.41) is 0.556. The molecule has 0 aromatic carbocycles. The summed E-state index contributed by atoms with van der Waals surface area (Å²) in [6.45, 7) is 2.94. The molecule has 0 radical (unpaired) electrons. The predicted molar refractivity (Wildman–Crippen MR) is 149 cm³/mol. The molecular formula is C27H32ClN5O5S.